The highest BCUT2D eigenvalue weighted by molar-refractivity contribution is 5.79. The summed E-state index contributed by atoms with van der Waals surface area (Å²) in [6.45, 7) is 7.44. The van der Waals surface area contributed by atoms with Crippen LogP contribution in [0.1, 0.15) is 57.9 Å². The normalized spacial score (nSPS) is 24.9. The van der Waals surface area contributed by atoms with Gasteiger partial charge in [-0.3, -0.25) is 4.79 Å². The van der Waals surface area contributed by atoms with E-state index in [0.717, 1.165) is 70.6 Å². The van der Waals surface area contributed by atoms with Gasteiger partial charge in [-0.25, -0.2) is 9.97 Å². The molecule has 2 atom stereocenters. The number of hydrogen-bond acceptors (Lipinski definition) is 6. The number of likely N-dealkylation sites (N-methyl/N-ethyl adjacent to an activating group) is 1. The number of carbonyl (C=O) groups excluding carboxylic acids is 1. The lowest BCUT2D eigenvalue weighted by Gasteiger charge is -2.35. The molecule has 1 aliphatic heterocycles. The number of amides is 1. The number of carbonyl (C=O) groups is 1. The van der Waals surface area contributed by atoms with Gasteiger partial charge >= 0.3 is 0 Å². The number of aromatic nitrogens is 2. The van der Waals surface area contributed by atoms with Gasteiger partial charge in [0.25, 0.3) is 0 Å². The van der Waals surface area contributed by atoms with Crippen molar-refractivity contribution in [1.29, 1.82) is 0 Å². The molecule has 0 saturated carbocycles. The van der Waals surface area contributed by atoms with Crippen LogP contribution in [0, 0.1) is 11.8 Å². The van der Waals surface area contributed by atoms with Crippen LogP contribution in [0.25, 0.3) is 0 Å². The van der Waals surface area contributed by atoms with Crippen molar-refractivity contribution in [2.45, 2.75) is 64.4 Å². The molecule has 0 radical (unpaired) electrons. The summed E-state index contributed by atoms with van der Waals surface area (Å²) < 4.78 is 6.44. The minimum atomic E-state index is -0.263. The highest BCUT2D eigenvalue weighted by atomic mass is 16.5. The van der Waals surface area contributed by atoms with Gasteiger partial charge in [-0.1, -0.05) is 31.2 Å². The van der Waals surface area contributed by atoms with Crippen molar-refractivity contribution < 1.29 is 14.6 Å². The molecule has 1 aromatic heterocycles. The maximum atomic E-state index is 12.5. The highest BCUT2D eigenvalue weighted by Crippen LogP contribution is 2.34. The van der Waals surface area contributed by atoms with Gasteiger partial charge in [0.05, 0.1) is 18.8 Å². The number of ether oxygens (including phenoxy) is 1. The molecular weight excluding hydrogens is 452 g/mol. The molecule has 7 nitrogen and oxygen atoms in total. The zero-order valence-corrected chi connectivity index (χ0v) is 22.2. The Labute approximate surface area is 215 Å². The Balaban J connectivity index is 1.21. The molecule has 0 spiro atoms. The Morgan fingerprint density at radius 3 is 2.56 bits per heavy atom. The van der Waals surface area contributed by atoms with Crippen molar-refractivity contribution in [3.63, 3.8) is 0 Å². The summed E-state index contributed by atoms with van der Waals surface area (Å²) in [6, 6.07) is 0. The first-order valence-corrected chi connectivity index (χ1v) is 13.5. The summed E-state index contributed by atoms with van der Waals surface area (Å²) in [7, 11) is 1.77. The number of hydrogen-bond donors (Lipinski definition) is 1. The third kappa shape index (κ3) is 6.62. The van der Waals surface area contributed by atoms with E-state index in [1.807, 2.05) is 12.4 Å². The van der Waals surface area contributed by atoms with Gasteiger partial charge in [0.15, 0.2) is 0 Å². The maximum absolute atomic E-state index is 12.5. The lowest BCUT2D eigenvalue weighted by molar-refractivity contribution is -0.134. The number of aryl methyl sites for hydroxylation is 1. The summed E-state index contributed by atoms with van der Waals surface area (Å²) in [4.78, 5) is 25.5. The van der Waals surface area contributed by atoms with Gasteiger partial charge in [0.1, 0.15) is 0 Å². The van der Waals surface area contributed by atoms with Gasteiger partial charge < -0.3 is 19.6 Å². The fourth-order valence-electron chi connectivity index (χ4n) is 5.25. The molecule has 1 fully saturated rings. The lowest BCUT2D eigenvalue weighted by atomic mass is 9.82. The quantitative estimate of drug-likeness (QED) is 0.557. The van der Waals surface area contributed by atoms with Crippen LogP contribution < -0.4 is 4.90 Å². The zero-order chi connectivity index (χ0) is 25.5. The van der Waals surface area contributed by atoms with Crippen molar-refractivity contribution >= 4 is 11.9 Å². The molecule has 2 aliphatic carbocycles. The van der Waals surface area contributed by atoms with E-state index < -0.39 is 0 Å². The van der Waals surface area contributed by atoms with Crippen LogP contribution in [-0.4, -0.2) is 71.4 Å². The number of aliphatic hydroxyl groups is 1. The largest absolute Gasteiger partial charge is 0.395 e. The highest BCUT2D eigenvalue weighted by Gasteiger charge is 2.29. The first-order valence-electron chi connectivity index (χ1n) is 13.5. The number of anilines is 1. The van der Waals surface area contributed by atoms with Gasteiger partial charge in [-0.2, -0.15) is 0 Å². The topological polar surface area (TPSA) is 78.8 Å². The Kier molecular flexibility index (Phi) is 8.96. The zero-order valence-electron chi connectivity index (χ0n) is 22.2. The average molecular weight is 495 g/mol. The Bertz CT molecular complexity index is 979. The van der Waals surface area contributed by atoms with Gasteiger partial charge in [-0.05, 0) is 74.5 Å². The number of nitrogens with zero attached hydrogens (tertiary/aromatic N) is 4. The van der Waals surface area contributed by atoms with Crippen LogP contribution in [-0.2, 0) is 16.0 Å². The van der Waals surface area contributed by atoms with Crippen molar-refractivity contribution in [3.05, 3.63) is 53.4 Å². The number of rotatable bonds is 9. The smallest absolute Gasteiger partial charge is 0.225 e. The molecule has 7 heteroatoms. The summed E-state index contributed by atoms with van der Waals surface area (Å²) in [5.74, 6) is 1.57. The van der Waals surface area contributed by atoms with Crippen LogP contribution in [0.3, 0.4) is 0 Å². The standard InChI is InChI=1S/C29H42N4O3/c1-4-22-19-30-28(31-20-22)33-15-11-23(12-16-33)21-36-29(2)13-9-25(10-14-29)24-5-7-26(8-6-24)27(35)32(3)17-18-34/h5,9-10,13,19-20,23,26,34H,4,6-8,11-12,14-18,21H2,1-3H3. The Hall–Kier alpha value is -2.51. The van der Waals surface area contributed by atoms with E-state index in [9.17, 15) is 4.79 Å². The third-order valence-corrected chi connectivity index (χ3v) is 7.93. The van der Waals surface area contributed by atoms with E-state index >= 15 is 0 Å². The molecular formula is C29H42N4O3. The second-order valence-electron chi connectivity index (χ2n) is 10.7. The first-order chi connectivity index (χ1) is 17.4. The number of piperidine rings is 1. The van der Waals surface area contributed by atoms with E-state index in [-0.39, 0.29) is 24.0 Å². The Morgan fingerprint density at radius 1 is 1.22 bits per heavy atom. The number of allylic oxidation sites excluding steroid dienone is 4. The van der Waals surface area contributed by atoms with Crippen LogP contribution in [0.4, 0.5) is 5.95 Å². The monoisotopic (exact) mass is 494 g/mol. The molecule has 1 amide bonds. The van der Waals surface area contributed by atoms with Gasteiger partial charge in [0, 0.05) is 45.0 Å². The third-order valence-electron chi connectivity index (χ3n) is 7.93. The van der Waals surface area contributed by atoms with Crippen molar-refractivity contribution in [2.75, 3.05) is 44.8 Å². The molecule has 0 aromatic carbocycles. The lowest BCUT2D eigenvalue weighted by Crippen LogP contribution is -2.38. The predicted molar refractivity (Wildman–Crippen MR) is 143 cm³/mol. The first kappa shape index (κ1) is 26.6. The molecule has 2 unspecified atom stereocenters. The van der Waals surface area contributed by atoms with Gasteiger partial charge in [0.2, 0.25) is 11.9 Å². The summed E-state index contributed by atoms with van der Waals surface area (Å²) in [6.07, 6.45) is 19.4. The fraction of sp³-hybridized carbons (Fsp3) is 0.621. The minimum Gasteiger partial charge on any atom is -0.395 e. The van der Waals surface area contributed by atoms with Crippen molar-refractivity contribution in [3.8, 4) is 0 Å². The summed E-state index contributed by atoms with van der Waals surface area (Å²) in [5.41, 5.74) is 3.52. The molecule has 36 heavy (non-hydrogen) atoms. The molecule has 4 rings (SSSR count). The predicted octanol–water partition coefficient (Wildman–Crippen LogP) is 4.09. The van der Waals surface area contributed by atoms with E-state index in [0.29, 0.717) is 12.5 Å². The average Bonchev–Trinajstić information content (AvgIpc) is 2.93. The molecule has 1 saturated heterocycles. The second-order valence-corrected chi connectivity index (χ2v) is 10.7. The molecule has 3 aliphatic rings. The molecule has 2 heterocycles. The molecule has 1 N–H and O–H groups in total. The summed E-state index contributed by atoms with van der Waals surface area (Å²) >= 11 is 0. The van der Waals surface area contributed by atoms with Crippen molar-refractivity contribution in [2.24, 2.45) is 11.8 Å². The van der Waals surface area contributed by atoms with Crippen LogP contribution >= 0.6 is 0 Å². The van der Waals surface area contributed by atoms with Gasteiger partial charge in [-0.15, -0.1) is 0 Å². The SMILES string of the molecule is CCc1cnc(N2CCC(COC3(C)C=CC(C4=CCC(C(=O)N(C)CCO)CC4)=CC3)CC2)nc1. The molecule has 1 aromatic rings. The fourth-order valence-corrected chi connectivity index (χ4v) is 5.25. The van der Waals surface area contributed by atoms with Crippen LogP contribution in [0.15, 0.2) is 47.8 Å². The molecule has 196 valence electrons. The minimum absolute atomic E-state index is 0.0101. The van der Waals surface area contributed by atoms with E-state index in [4.69, 9.17) is 9.84 Å². The van der Waals surface area contributed by atoms with E-state index in [1.54, 1.807) is 11.9 Å². The second kappa shape index (κ2) is 12.2. The van der Waals surface area contributed by atoms with Crippen LogP contribution in [0.2, 0.25) is 0 Å². The van der Waals surface area contributed by atoms with Crippen LogP contribution in [0.5, 0.6) is 0 Å². The van der Waals surface area contributed by atoms with E-state index in [1.165, 1.54) is 16.7 Å². The summed E-state index contributed by atoms with van der Waals surface area (Å²) in [5, 5.41) is 9.08. The van der Waals surface area contributed by atoms with Crippen molar-refractivity contribution in [1.82, 2.24) is 14.9 Å². The Morgan fingerprint density at radius 2 is 1.97 bits per heavy atom. The number of aliphatic hydroxyl groups excluding tert-OH is 1. The van der Waals surface area contributed by atoms with E-state index in [2.05, 4.69) is 53.0 Å². The maximum Gasteiger partial charge on any atom is 0.225 e. The molecule has 0 bridgehead atoms.